The molecule has 2 N–H and O–H groups in total. The Balaban J connectivity index is 1.35. The number of tetrazole rings is 1. The average Bonchev–Trinajstić information content (AvgIpc) is 3.52. The van der Waals surface area contributed by atoms with Crippen LogP contribution in [0.1, 0.15) is 32.3 Å². The van der Waals surface area contributed by atoms with Crippen molar-refractivity contribution in [2.45, 2.75) is 33.2 Å². The number of hydrazine groups is 2. The summed E-state index contributed by atoms with van der Waals surface area (Å²) in [5, 5.41) is 18.9. The number of hydrogen-bond donors (Lipinski definition) is 2. The van der Waals surface area contributed by atoms with E-state index in [1.165, 1.54) is 11.1 Å². The Morgan fingerprint density at radius 1 is 0.967 bits per heavy atom. The van der Waals surface area contributed by atoms with Crippen LogP contribution < -0.4 is 5.43 Å². The van der Waals surface area contributed by atoms with Gasteiger partial charge >= 0.3 is 0 Å². The fraction of sp³-hybridized carbons (Fsp3) is 0.273. The molecule has 0 bridgehead atoms. The molecule has 152 valence electrons. The Morgan fingerprint density at radius 2 is 1.77 bits per heavy atom. The summed E-state index contributed by atoms with van der Waals surface area (Å²) in [6.07, 6.45) is 1.91. The third-order valence-electron chi connectivity index (χ3n) is 5.55. The number of amidine groups is 1. The monoisotopic (exact) mass is 400 g/mol. The summed E-state index contributed by atoms with van der Waals surface area (Å²) in [5.41, 5.74) is 9.23. The first-order valence-electron chi connectivity index (χ1n) is 10.3. The van der Waals surface area contributed by atoms with Crippen molar-refractivity contribution >= 4 is 5.84 Å². The number of nitrogens with one attached hydrogen (secondary N) is 2. The van der Waals surface area contributed by atoms with E-state index in [0.29, 0.717) is 5.82 Å². The van der Waals surface area contributed by atoms with Crippen LogP contribution in [0.15, 0.2) is 64.9 Å². The molecule has 0 fully saturated rings. The van der Waals surface area contributed by atoms with Crippen LogP contribution in [0, 0.1) is 0 Å². The van der Waals surface area contributed by atoms with Crippen molar-refractivity contribution < 1.29 is 0 Å². The van der Waals surface area contributed by atoms with Crippen LogP contribution in [0.5, 0.6) is 0 Å². The standard InChI is InChI=1S/C22H24N8/c1-3-16-14-29(30-22(16)23-20(4-2)26-30)13-15-9-11-17(12-10-15)18-7-5-6-8-19(18)21-24-27-28-25-21/h5-12H,3-4,13-14H2,1-2H3,(H,23,26)(H,24,25,27,28). The lowest BCUT2D eigenvalue weighted by atomic mass is 9.98. The lowest BCUT2D eigenvalue weighted by molar-refractivity contribution is 0.0107. The minimum absolute atomic E-state index is 0.601. The van der Waals surface area contributed by atoms with Crippen molar-refractivity contribution in [2.75, 3.05) is 6.54 Å². The Morgan fingerprint density at radius 3 is 2.47 bits per heavy atom. The Bertz CT molecular complexity index is 1100. The molecule has 3 heterocycles. The van der Waals surface area contributed by atoms with Crippen molar-refractivity contribution in [1.29, 1.82) is 0 Å². The number of nitrogens with zero attached hydrogens (tertiary/aromatic N) is 6. The molecule has 30 heavy (non-hydrogen) atoms. The molecule has 0 atom stereocenters. The summed E-state index contributed by atoms with van der Waals surface area (Å²) < 4.78 is 0. The summed E-state index contributed by atoms with van der Waals surface area (Å²) in [6.45, 7) is 6.04. The van der Waals surface area contributed by atoms with E-state index in [4.69, 9.17) is 4.99 Å². The highest BCUT2D eigenvalue weighted by Crippen LogP contribution is 2.32. The Labute approximate surface area is 175 Å². The molecule has 8 heteroatoms. The molecule has 0 radical (unpaired) electrons. The number of aromatic nitrogens is 4. The molecule has 2 aliphatic rings. The van der Waals surface area contributed by atoms with Gasteiger partial charge in [-0.2, -0.15) is 15.3 Å². The summed E-state index contributed by atoms with van der Waals surface area (Å²) in [6, 6.07) is 16.8. The van der Waals surface area contributed by atoms with Gasteiger partial charge in [0.15, 0.2) is 5.82 Å². The number of aliphatic imine (C=N–C) groups is 1. The van der Waals surface area contributed by atoms with E-state index in [1.807, 2.05) is 18.2 Å². The van der Waals surface area contributed by atoms with Crippen LogP contribution >= 0.6 is 0 Å². The molecule has 5 rings (SSSR count). The topological polar surface area (TPSA) is 85.3 Å². The van der Waals surface area contributed by atoms with Crippen LogP contribution in [-0.4, -0.2) is 43.1 Å². The first kappa shape index (κ1) is 18.5. The van der Waals surface area contributed by atoms with E-state index in [0.717, 1.165) is 54.3 Å². The molecule has 2 aromatic carbocycles. The molecule has 8 nitrogen and oxygen atoms in total. The lowest BCUT2D eigenvalue weighted by Gasteiger charge is -2.27. The SMILES string of the molecule is CCC1=NC2=C(CC)CN(Cc3ccc(-c4ccccc4-c4nn[nH]n4)cc3)N2N1. The third-order valence-corrected chi connectivity index (χ3v) is 5.55. The van der Waals surface area contributed by atoms with Crippen molar-refractivity contribution in [3.05, 3.63) is 65.5 Å². The first-order valence-corrected chi connectivity index (χ1v) is 10.3. The molecular weight excluding hydrogens is 376 g/mol. The van der Waals surface area contributed by atoms with E-state index < -0.39 is 0 Å². The second-order valence-electron chi connectivity index (χ2n) is 7.42. The van der Waals surface area contributed by atoms with Gasteiger partial charge in [-0.1, -0.05) is 62.4 Å². The van der Waals surface area contributed by atoms with Crippen molar-refractivity contribution in [3.8, 4) is 22.5 Å². The smallest absolute Gasteiger partial charge is 0.205 e. The number of fused-ring (bicyclic) bond motifs is 1. The molecule has 0 aliphatic carbocycles. The van der Waals surface area contributed by atoms with Crippen LogP contribution in [0.3, 0.4) is 0 Å². The second-order valence-corrected chi connectivity index (χ2v) is 7.42. The van der Waals surface area contributed by atoms with Gasteiger partial charge in [-0.25, -0.2) is 4.99 Å². The van der Waals surface area contributed by atoms with Crippen LogP contribution in [0.4, 0.5) is 0 Å². The van der Waals surface area contributed by atoms with Gasteiger partial charge in [0.25, 0.3) is 0 Å². The van der Waals surface area contributed by atoms with Crippen LogP contribution in [0.2, 0.25) is 0 Å². The van der Waals surface area contributed by atoms with Gasteiger partial charge in [-0.05, 0) is 33.9 Å². The summed E-state index contributed by atoms with van der Waals surface area (Å²) in [4.78, 5) is 4.75. The minimum Gasteiger partial charge on any atom is -0.269 e. The number of aromatic amines is 1. The summed E-state index contributed by atoms with van der Waals surface area (Å²) in [5.74, 6) is 2.69. The van der Waals surface area contributed by atoms with E-state index in [9.17, 15) is 0 Å². The van der Waals surface area contributed by atoms with Crippen LogP contribution in [0.25, 0.3) is 22.5 Å². The minimum atomic E-state index is 0.601. The van der Waals surface area contributed by atoms with Crippen molar-refractivity contribution in [1.82, 2.24) is 36.2 Å². The van der Waals surface area contributed by atoms with Gasteiger partial charge in [0.1, 0.15) is 5.84 Å². The number of benzene rings is 2. The van der Waals surface area contributed by atoms with Gasteiger partial charge in [-0.15, -0.1) is 10.2 Å². The summed E-state index contributed by atoms with van der Waals surface area (Å²) in [7, 11) is 0. The maximum Gasteiger partial charge on any atom is 0.205 e. The zero-order valence-electron chi connectivity index (χ0n) is 17.1. The zero-order chi connectivity index (χ0) is 20.5. The zero-order valence-corrected chi connectivity index (χ0v) is 17.1. The van der Waals surface area contributed by atoms with E-state index in [1.54, 1.807) is 0 Å². The third kappa shape index (κ3) is 3.25. The molecule has 3 aromatic rings. The largest absolute Gasteiger partial charge is 0.269 e. The second kappa shape index (κ2) is 7.72. The highest BCUT2D eigenvalue weighted by atomic mass is 15.9. The fourth-order valence-corrected chi connectivity index (χ4v) is 3.93. The van der Waals surface area contributed by atoms with Crippen LogP contribution in [-0.2, 0) is 6.54 Å². The maximum absolute atomic E-state index is 4.75. The molecule has 2 aliphatic heterocycles. The van der Waals surface area contributed by atoms with Gasteiger partial charge in [0.05, 0.1) is 0 Å². The predicted octanol–water partition coefficient (Wildman–Crippen LogP) is 3.51. The molecule has 1 aromatic heterocycles. The maximum atomic E-state index is 4.75. The highest BCUT2D eigenvalue weighted by Gasteiger charge is 2.33. The van der Waals surface area contributed by atoms with Gasteiger partial charge < -0.3 is 0 Å². The molecule has 0 spiro atoms. The number of rotatable bonds is 6. The number of hydrogen-bond acceptors (Lipinski definition) is 7. The van der Waals surface area contributed by atoms with E-state index >= 15 is 0 Å². The fourth-order valence-electron chi connectivity index (χ4n) is 3.93. The van der Waals surface area contributed by atoms with Gasteiger partial charge in [0.2, 0.25) is 5.82 Å². The quantitative estimate of drug-likeness (QED) is 0.659. The molecular formula is C22H24N8. The number of H-pyrrole nitrogens is 1. The van der Waals surface area contributed by atoms with Crippen molar-refractivity contribution in [3.63, 3.8) is 0 Å². The molecule has 0 amide bonds. The molecule has 0 unspecified atom stereocenters. The Kier molecular flexibility index (Phi) is 4.76. The molecule has 0 saturated heterocycles. The normalized spacial score (nSPS) is 16.1. The first-order chi connectivity index (χ1) is 14.8. The molecule has 0 saturated carbocycles. The predicted molar refractivity (Wildman–Crippen MR) is 115 cm³/mol. The van der Waals surface area contributed by atoms with Gasteiger partial charge in [-0.3, -0.25) is 5.43 Å². The average molecular weight is 400 g/mol. The highest BCUT2D eigenvalue weighted by molar-refractivity contribution is 5.84. The van der Waals surface area contributed by atoms with Gasteiger partial charge in [0, 0.05) is 25.1 Å². The Hall–Kier alpha value is -3.52. The van der Waals surface area contributed by atoms with E-state index in [2.05, 4.69) is 80.4 Å². The van der Waals surface area contributed by atoms with E-state index in [-0.39, 0.29) is 0 Å². The van der Waals surface area contributed by atoms with Crippen molar-refractivity contribution in [2.24, 2.45) is 4.99 Å². The summed E-state index contributed by atoms with van der Waals surface area (Å²) >= 11 is 0. The lowest BCUT2D eigenvalue weighted by Crippen LogP contribution is -2.45.